The van der Waals surface area contributed by atoms with Crippen LogP contribution < -0.4 is 0 Å². The van der Waals surface area contributed by atoms with Gasteiger partial charge in [-0.2, -0.15) is 0 Å². The van der Waals surface area contributed by atoms with Gasteiger partial charge in [-0.15, -0.1) is 11.3 Å². The normalized spacial score (nSPS) is 21.8. The van der Waals surface area contributed by atoms with Gasteiger partial charge in [-0.25, -0.2) is 0 Å². The number of aliphatic carboxylic acids is 1. The molecule has 20 heavy (non-hydrogen) atoms. The van der Waals surface area contributed by atoms with Crippen LogP contribution in [0.25, 0.3) is 0 Å². The van der Waals surface area contributed by atoms with Crippen LogP contribution in [0.3, 0.4) is 0 Å². The van der Waals surface area contributed by atoms with Gasteiger partial charge in [-0.05, 0) is 53.9 Å². The van der Waals surface area contributed by atoms with Gasteiger partial charge in [0.1, 0.15) is 6.04 Å². The maximum atomic E-state index is 11.5. The molecule has 2 heterocycles. The zero-order valence-electron chi connectivity index (χ0n) is 11.8. The standard InChI is InChI=1S/C15H22BrNO2S/c1-2-3-6-11(13-8-9-14(16)20-13)17-10-5-4-7-12(17)15(18)19/h8-9,11-12H,2-7,10H2,1H3,(H,18,19). The van der Waals surface area contributed by atoms with Crippen LogP contribution in [-0.4, -0.2) is 28.6 Å². The van der Waals surface area contributed by atoms with Crippen molar-refractivity contribution in [3.05, 3.63) is 20.8 Å². The highest BCUT2D eigenvalue weighted by Gasteiger charge is 2.34. The highest BCUT2D eigenvalue weighted by Crippen LogP contribution is 2.37. The first-order valence-corrected chi connectivity index (χ1v) is 8.98. The monoisotopic (exact) mass is 359 g/mol. The number of carbonyl (C=O) groups is 1. The molecule has 1 fully saturated rings. The lowest BCUT2D eigenvalue weighted by Gasteiger charge is -2.38. The summed E-state index contributed by atoms with van der Waals surface area (Å²) in [6, 6.07) is 4.15. The predicted molar refractivity (Wildman–Crippen MR) is 86.3 cm³/mol. The summed E-state index contributed by atoms with van der Waals surface area (Å²) in [5.41, 5.74) is 0. The topological polar surface area (TPSA) is 40.5 Å². The molecule has 0 saturated carbocycles. The molecule has 1 saturated heterocycles. The number of hydrogen-bond donors (Lipinski definition) is 1. The molecule has 0 bridgehead atoms. The molecule has 5 heteroatoms. The van der Waals surface area contributed by atoms with Gasteiger partial charge in [0.15, 0.2) is 0 Å². The van der Waals surface area contributed by atoms with Crippen LogP contribution in [0.15, 0.2) is 15.9 Å². The van der Waals surface area contributed by atoms with Crippen molar-refractivity contribution >= 4 is 33.2 Å². The zero-order valence-corrected chi connectivity index (χ0v) is 14.3. The molecule has 0 spiro atoms. The van der Waals surface area contributed by atoms with Crippen LogP contribution in [0.1, 0.15) is 56.4 Å². The van der Waals surface area contributed by atoms with E-state index in [0.29, 0.717) is 0 Å². The molecule has 1 aromatic heterocycles. The highest BCUT2D eigenvalue weighted by molar-refractivity contribution is 9.11. The average Bonchev–Trinajstić information content (AvgIpc) is 2.86. The maximum Gasteiger partial charge on any atom is 0.320 e. The first kappa shape index (κ1) is 16.0. The second-order valence-electron chi connectivity index (χ2n) is 5.39. The number of nitrogens with zero attached hydrogens (tertiary/aromatic N) is 1. The Morgan fingerprint density at radius 1 is 1.55 bits per heavy atom. The van der Waals surface area contributed by atoms with Gasteiger partial charge >= 0.3 is 5.97 Å². The van der Waals surface area contributed by atoms with E-state index in [9.17, 15) is 9.90 Å². The Hall–Kier alpha value is -0.390. The summed E-state index contributed by atoms with van der Waals surface area (Å²) in [6.07, 6.45) is 6.26. The van der Waals surface area contributed by atoms with Crippen LogP contribution in [-0.2, 0) is 4.79 Å². The third-order valence-electron chi connectivity index (χ3n) is 3.98. The Balaban J connectivity index is 2.21. The van der Waals surface area contributed by atoms with E-state index >= 15 is 0 Å². The third-order valence-corrected chi connectivity index (χ3v) is 5.71. The number of unbranched alkanes of at least 4 members (excludes halogenated alkanes) is 1. The van der Waals surface area contributed by atoms with Crippen LogP contribution in [0.2, 0.25) is 0 Å². The van der Waals surface area contributed by atoms with Crippen LogP contribution >= 0.6 is 27.3 Å². The Labute approximate surface area is 133 Å². The minimum absolute atomic E-state index is 0.257. The largest absolute Gasteiger partial charge is 0.480 e. The van der Waals surface area contributed by atoms with Crippen molar-refractivity contribution in [2.75, 3.05) is 6.54 Å². The lowest BCUT2D eigenvalue weighted by atomic mass is 9.96. The third kappa shape index (κ3) is 3.83. The fourth-order valence-corrected chi connectivity index (χ4v) is 4.55. The van der Waals surface area contributed by atoms with E-state index in [0.717, 1.165) is 48.9 Å². The number of halogens is 1. The summed E-state index contributed by atoms with van der Waals surface area (Å²) in [6.45, 7) is 3.09. The molecule has 0 aromatic carbocycles. The maximum absolute atomic E-state index is 11.5. The predicted octanol–water partition coefficient (Wildman–Crippen LogP) is 4.68. The fraction of sp³-hybridized carbons (Fsp3) is 0.667. The molecular formula is C15H22BrNO2S. The van der Waals surface area contributed by atoms with Crippen LogP contribution in [0.4, 0.5) is 0 Å². The minimum atomic E-state index is -0.665. The smallest absolute Gasteiger partial charge is 0.320 e. The van der Waals surface area contributed by atoms with Crippen molar-refractivity contribution in [1.29, 1.82) is 0 Å². The number of piperidine rings is 1. The van der Waals surface area contributed by atoms with E-state index in [2.05, 4.69) is 39.9 Å². The van der Waals surface area contributed by atoms with Crippen molar-refractivity contribution in [1.82, 2.24) is 4.90 Å². The van der Waals surface area contributed by atoms with Crippen molar-refractivity contribution in [2.24, 2.45) is 0 Å². The Morgan fingerprint density at radius 3 is 2.95 bits per heavy atom. The SMILES string of the molecule is CCCCC(c1ccc(Br)s1)N1CCCCC1C(=O)O. The van der Waals surface area contributed by atoms with E-state index in [-0.39, 0.29) is 12.1 Å². The van der Waals surface area contributed by atoms with Crippen molar-refractivity contribution in [2.45, 2.75) is 57.5 Å². The van der Waals surface area contributed by atoms with Gasteiger partial charge in [-0.1, -0.05) is 26.2 Å². The lowest BCUT2D eigenvalue weighted by molar-refractivity contribution is -0.146. The van der Waals surface area contributed by atoms with Gasteiger partial charge in [0.25, 0.3) is 0 Å². The van der Waals surface area contributed by atoms with E-state index in [1.165, 1.54) is 4.88 Å². The molecule has 112 valence electrons. The van der Waals surface area contributed by atoms with Crippen LogP contribution in [0, 0.1) is 0 Å². The first-order chi connectivity index (χ1) is 9.63. The number of thiophene rings is 1. The summed E-state index contributed by atoms with van der Waals surface area (Å²) in [7, 11) is 0. The molecule has 1 N–H and O–H groups in total. The number of likely N-dealkylation sites (tertiary alicyclic amines) is 1. The second-order valence-corrected chi connectivity index (χ2v) is 7.88. The zero-order chi connectivity index (χ0) is 14.5. The summed E-state index contributed by atoms with van der Waals surface area (Å²) >= 11 is 5.26. The molecule has 2 rings (SSSR count). The fourth-order valence-electron chi connectivity index (χ4n) is 2.97. The summed E-state index contributed by atoms with van der Waals surface area (Å²) in [5, 5.41) is 9.49. The molecular weight excluding hydrogens is 338 g/mol. The van der Waals surface area contributed by atoms with Crippen molar-refractivity contribution < 1.29 is 9.90 Å². The summed E-state index contributed by atoms with van der Waals surface area (Å²) in [5.74, 6) is -0.665. The highest BCUT2D eigenvalue weighted by atomic mass is 79.9. The van der Waals surface area contributed by atoms with E-state index in [1.807, 2.05) is 0 Å². The second kappa shape index (κ2) is 7.57. The van der Waals surface area contributed by atoms with Crippen molar-refractivity contribution in [3.8, 4) is 0 Å². The number of rotatable bonds is 6. The van der Waals surface area contributed by atoms with Gasteiger partial charge in [0.05, 0.1) is 3.79 Å². The molecule has 1 aliphatic heterocycles. The molecule has 0 aliphatic carbocycles. The minimum Gasteiger partial charge on any atom is -0.480 e. The van der Waals surface area contributed by atoms with Gasteiger partial charge in [-0.3, -0.25) is 9.69 Å². The molecule has 3 nitrogen and oxygen atoms in total. The molecule has 1 aromatic rings. The molecule has 0 amide bonds. The van der Waals surface area contributed by atoms with E-state index in [1.54, 1.807) is 11.3 Å². The molecule has 0 radical (unpaired) electrons. The number of carboxylic acids is 1. The summed E-state index contributed by atoms with van der Waals surface area (Å²) in [4.78, 5) is 15.0. The quantitative estimate of drug-likeness (QED) is 0.801. The number of hydrogen-bond acceptors (Lipinski definition) is 3. The summed E-state index contributed by atoms with van der Waals surface area (Å²) < 4.78 is 1.12. The van der Waals surface area contributed by atoms with E-state index in [4.69, 9.17) is 0 Å². The average molecular weight is 360 g/mol. The lowest BCUT2D eigenvalue weighted by Crippen LogP contribution is -2.46. The molecule has 2 unspecified atom stereocenters. The van der Waals surface area contributed by atoms with Gasteiger partial charge in [0.2, 0.25) is 0 Å². The Morgan fingerprint density at radius 2 is 2.35 bits per heavy atom. The van der Waals surface area contributed by atoms with Crippen LogP contribution in [0.5, 0.6) is 0 Å². The molecule has 1 aliphatic rings. The van der Waals surface area contributed by atoms with Crippen molar-refractivity contribution in [3.63, 3.8) is 0 Å². The Bertz CT molecular complexity index is 449. The molecule has 2 atom stereocenters. The van der Waals surface area contributed by atoms with Gasteiger partial charge in [0, 0.05) is 10.9 Å². The van der Waals surface area contributed by atoms with Gasteiger partial charge < -0.3 is 5.11 Å². The van der Waals surface area contributed by atoms with E-state index < -0.39 is 5.97 Å². The Kier molecular flexibility index (Phi) is 6.05. The number of carboxylic acid groups (broad SMARTS) is 1. The first-order valence-electron chi connectivity index (χ1n) is 7.37.